The van der Waals surface area contributed by atoms with Crippen LogP contribution >= 0.6 is 0 Å². The van der Waals surface area contributed by atoms with Crippen LogP contribution in [-0.2, 0) is 20.7 Å². The minimum Gasteiger partial charge on any atom is -0.491 e. The lowest BCUT2D eigenvalue weighted by Gasteiger charge is -2.11. The van der Waals surface area contributed by atoms with Crippen LogP contribution in [0, 0.1) is 0 Å². The third-order valence-corrected chi connectivity index (χ3v) is 4.37. The van der Waals surface area contributed by atoms with Crippen LogP contribution in [0.25, 0.3) is 0 Å². The first kappa shape index (κ1) is 23.2. The number of hydrogen-bond acceptors (Lipinski definition) is 5. The Bertz CT molecular complexity index is 789. The zero-order valence-electron chi connectivity index (χ0n) is 17.9. The number of nitrogens with zero attached hydrogens (tertiary/aromatic N) is 1. The number of benzene rings is 2. The molecule has 0 heterocycles. The summed E-state index contributed by atoms with van der Waals surface area (Å²) in [5.74, 6) is 0.706. The molecule has 7 heteroatoms. The van der Waals surface area contributed by atoms with Crippen molar-refractivity contribution in [2.24, 2.45) is 0 Å². The third kappa shape index (κ3) is 8.53. The molecule has 0 aliphatic heterocycles. The van der Waals surface area contributed by atoms with Crippen molar-refractivity contribution in [3.8, 4) is 5.75 Å². The van der Waals surface area contributed by atoms with Crippen molar-refractivity contribution in [2.75, 3.05) is 51.1 Å². The zero-order chi connectivity index (χ0) is 21.8. The van der Waals surface area contributed by atoms with Gasteiger partial charge in [0.15, 0.2) is 0 Å². The van der Waals surface area contributed by atoms with E-state index in [0.29, 0.717) is 38.3 Å². The van der Waals surface area contributed by atoms with Gasteiger partial charge in [0.25, 0.3) is 0 Å². The first-order chi connectivity index (χ1) is 14.5. The van der Waals surface area contributed by atoms with E-state index in [9.17, 15) is 9.59 Å². The Morgan fingerprint density at radius 2 is 1.60 bits per heavy atom. The standard InChI is InChI=1S/C23H31N3O4/c1-4-29-15-16-30-21-12-10-20(11-13-21)25-22(27)17-24-19-8-5-18(6-9-19)7-14-23(28)26(2)3/h5-6,8-13,24H,4,7,14-17H2,1-3H3,(H,25,27). The molecule has 0 saturated heterocycles. The summed E-state index contributed by atoms with van der Waals surface area (Å²) in [5, 5.41) is 5.95. The molecular formula is C23H31N3O4. The van der Waals surface area contributed by atoms with Gasteiger partial charge < -0.3 is 25.0 Å². The number of amides is 2. The van der Waals surface area contributed by atoms with Crippen molar-refractivity contribution < 1.29 is 19.1 Å². The number of nitrogens with one attached hydrogen (secondary N) is 2. The van der Waals surface area contributed by atoms with Gasteiger partial charge in [-0.3, -0.25) is 9.59 Å². The lowest BCUT2D eigenvalue weighted by Crippen LogP contribution is -2.22. The predicted molar refractivity (Wildman–Crippen MR) is 119 cm³/mol. The minimum atomic E-state index is -0.138. The van der Waals surface area contributed by atoms with E-state index >= 15 is 0 Å². The van der Waals surface area contributed by atoms with Crippen molar-refractivity contribution in [1.29, 1.82) is 0 Å². The fraction of sp³-hybridized carbons (Fsp3) is 0.391. The molecule has 2 N–H and O–H groups in total. The van der Waals surface area contributed by atoms with E-state index in [2.05, 4.69) is 10.6 Å². The molecule has 0 spiro atoms. The molecule has 2 amide bonds. The van der Waals surface area contributed by atoms with Gasteiger partial charge in [-0.25, -0.2) is 0 Å². The normalized spacial score (nSPS) is 10.4. The van der Waals surface area contributed by atoms with Crippen LogP contribution in [0.5, 0.6) is 5.75 Å². The molecule has 7 nitrogen and oxygen atoms in total. The molecule has 0 aromatic heterocycles. The predicted octanol–water partition coefficient (Wildman–Crippen LogP) is 3.17. The van der Waals surface area contributed by atoms with E-state index in [1.807, 2.05) is 43.3 Å². The van der Waals surface area contributed by atoms with Crippen LogP contribution in [0.15, 0.2) is 48.5 Å². The smallest absolute Gasteiger partial charge is 0.243 e. The van der Waals surface area contributed by atoms with E-state index in [4.69, 9.17) is 9.47 Å². The van der Waals surface area contributed by atoms with Crippen molar-refractivity contribution in [2.45, 2.75) is 19.8 Å². The number of aryl methyl sites for hydroxylation is 1. The molecule has 0 unspecified atom stereocenters. The maximum atomic E-state index is 12.2. The van der Waals surface area contributed by atoms with Crippen LogP contribution in [0.3, 0.4) is 0 Å². The number of carbonyl (C=O) groups excluding carboxylic acids is 2. The summed E-state index contributed by atoms with van der Waals surface area (Å²) in [4.78, 5) is 25.4. The Hall–Kier alpha value is -3.06. The summed E-state index contributed by atoms with van der Waals surface area (Å²) < 4.78 is 10.8. The first-order valence-corrected chi connectivity index (χ1v) is 10.1. The fourth-order valence-electron chi connectivity index (χ4n) is 2.65. The molecule has 0 aliphatic carbocycles. The van der Waals surface area contributed by atoms with Gasteiger partial charge in [0.2, 0.25) is 11.8 Å². The Labute approximate surface area is 178 Å². The molecule has 0 radical (unpaired) electrons. The number of carbonyl (C=O) groups is 2. The summed E-state index contributed by atoms with van der Waals surface area (Å²) >= 11 is 0. The fourth-order valence-corrected chi connectivity index (χ4v) is 2.65. The number of rotatable bonds is 12. The van der Waals surface area contributed by atoms with Gasteiger partial charge in [0.1, 0.15) is 12.4 Å². The highest BCUT2D eigenvalue weighted by Crippen LogP contribution is 2.16. The van der Waals surface area contributed by atoms with Gasteiger partial charge in [-0.15, -0.1) is 0 Å². The van der Waals surface area contributed by atoms with Crippen LogP contribution in [-0.4, -0.2) is 57.2 Å². The maximum Gasteiger partial charge on any atom is 0.243 e. The lowest BCUT2D eigenvalue weighted by molar-refractivity contribution is -0.128. The van der Waals surface area contributed by atoms with Gasteiger partial charge >= 0.3 is 0 Å². The molecule has 0 fully saturated rings. The van der Waals surface area contributed by atoms with Crippen molar-refractivity contribution >= 4 is 23.2 Å². The van der Waals surface area contributed by atoms with Crippen LogP contribution in [0.2, 0.25) is 0 Å². The van der Waals surface area contributed by atoms with Crippen LogP contribution < -0.4 is 15.4 Å². The van der Waals surface area contributed by atoms with Gasteiger partial charge in [-0.05, 0) is 55.3 Å². The number of anilines is 2. The summed E-state index contributed by atoms with van der Waals surface area (Å²) in [5.41, 5.74) is 2.65. The molecular weight excluding hydrogens is 382 g/mol. The Kier molecular flexibility index (Phi) is 9.67. The zero-order valence-corrected chi connectivity index (χ0v) is 17.9. The first-order valence-electron chi connectivity index (χ1n) is 10.1. The van der Waals surface area contributed by atoms with Crippen molar-refractivity contribution in [3.63, 3.8) is 0 Å². The van der Waals surface area contributed by atoms with Crippen molar-refractivity contribution in [1.82, 2.24) is 4.90 Å². The Morgan fingerprint density at radius 1 is 0.933 bits per heavy atom. The quantitative estimate of drug-likeness (QED) is 0.523. The highest BCUT2D eigenvalue weighted by atomic mass is 16.5. The summed E-state index contributed by atoms with van der Waals surface area (Å²) in [6, 6.07) is 15.0. The highest BCUT2D eigenvalue weighted by molar-refractivity contribution is 5.93. The molecule has 0 bridgehead atoms. The van der Waals surface area contributed by atoms with E-state index in [1.165, 1.54) is 0 Å². The molecule has 2 aromatic carbocycles. The summed E-state index contributed by atoms with van der Waals surface area (Å²) in [6.07, 6.45) is 1.18. The minimum absolute atomic E-state index is 0.110. The van der Waals surface area contributed by atoms with E-state index in [0.717, 1.165) is 17.0 Å². The second-order valence-electron chi connectivity index (χ2n) is 6.96. The van der Waals surface area contributed by atoms with E-state index in [1.54, 1.807) is 31.1 Å². The number of ether oxygens (including phenoxy) is 2. The Balaban J connectivity index is 1.72. The molecule has 0 atom stereocenters. The monoisotopic (exact) mass is 413 g/mol. The second-order valence-corrected chi connectivity index (χ2v) is 6.96. The van der Waals surface area contributed by atoms with Crippen molar-refractivity contribution in [3.05, 3.63) is 54.1 Å². The summed E-state index contributed by atoms with van der Waals surface area (Å²) in [7, 11) is 3.51. The lowest BCUT2D eigenvalue weighted by atomic mass is 10.1. The molecule has 2 rings (SSSR count). The molecule has 30 heavy (non-hydrogen) atoms. The van der Waals surface area contributed by atoms with Crippen LogP contribution in [0.4, 0.5) is 11.4 Å². The van der Waals surface area contributed by atoms with E-state index in [-0.39, 0.29) is 18.4 Å². The third-order valence-electron chi connectivity index (χ3n) is 4.37. The Morgan fingerprint density at radius 3 is 2.23 bits per heavy atom. The largest absolute Gasteiger partial charge is 0.491 e. The van der Waals surface area contributed by atoms with Gasteiger partial charge in [0, 0.05) is 38.5 Å². The average molecular weight is 414 g/mol. The highest BCUT2D eigenvalue weighted by Gasteiger charge is 2.06. The van der Waals surface area contributed by atoms with Crippen LogP contribution in [0.1, 0.15) is 18.9 Å². The van der Waals surface area contributed by atoms with Gasteiger partial charge in [-0.2, -0.15) is 0 Å². The SMILES string of the molecule is CCOCCOc1ccc(NC(=O)CNc2ccc(CCC(=O)N(C)C)cc2)cc1. The average Bonchev–Trinajstić information content (AvgIpc) is 2.75. The van der Waals surface area contributed by atoms with Gasteiger partial charge in [-0.1, -0.05) is 12.1 Å². The topological polar surface area (TPSA) is 79.9 Å². The maximum absolute atomic E-state index is 12.2. The van der Waals surface area contributed by atoms with Gasteiger partial charge in [0.05, 0.1) is 13.2 Å². The van der Waals surface area contributed by atoms with E-state index < -0.39 is 0 Å². The molecule has 0 saturated carbocycles. The number of hydrogen-bond donors (Lipinski definition) is 2. The molecule has 2 aromatic rings. The summed E-state index contributed by atoms with van der Waals surface area (Å²) in [6.45, 7) is 3.82. The molecule has 0 aliphatic rings. The molecule has 162 valence electrons. The second kappa shape index (κ2) is 12.5.